The van der Waals surface area contributed by atoms with Crippen LogP contribution in [0, 0.1) is 11.7 Å². The van der Waals surface area contributed by atoms with E-state index in [1.165, 1.54) is 24.0 Å². The zero-order valence-electron chi connectivity index (χ0n) is 11.3. The van der Waals surface area contributed by atoms with E-state index < -0.39 is 11.7 Å². The zero-order valence-corrected chi connectivity index (χ0v) is 11.3. The molecule has 106 valence electrons. The van der Waals surface area contributed by atoms with E-state index in [1.54, 1.807) is 7.05 Å². The number of Topliss-reactive ketones (excluding diaryl/α,β-unsaturated/α-hetero) is 1. The smallest absolute Gasteiger partial charge is 0.229 e. The van der Waals surface area contributed by atoms with E-state index in [0.717, 1.165) is 6.07 Å². The molecule has 1 heterocycles. The van der Waals surface area contributed by atoms with Crippen molar-refractivity contribution in [1.82, 2.24) is 4.90 Å². The van der Waals surface area contributed by atoms with Gasteiger partial charge in [0, 0.05) is 25.6 Å². The maximum Gasteiger partial charge on any atom is 0.229 e. The summed E-state index contributed by atoms with van der Waals surface area (Å²) in [5.74, 6) is -1.76. The summed E-state index contributed by atoms with van der Waals surface area (Å²) in [4.78, 5) is 36.4. The molecule has 0 aliphatic carbocycles. The Morgan fingerprint density at radius 1 is 1.40 bits per heavy atom. The fourth-order valence-corrected chi connectivity index (χ4v) is 2.20. The highest BCUT2D eigenvalue weighted by Crippen LogP contribution is 2.22. The lowest BCUT2D eigenvalue weighted by Crippen LogP contribution is -2.26. The molecule has 2 amide bonds. The lowest BCUT2D eigenvalue weighted by Gasteiger charge is -2.13. The Labute approximate surface area is 115 Å². The molecule has 0 saturated carbocycles. The Hall–Kier alpha value is -2.24. The number of amides is 2. The third-order valence-corrected chi connectivity index (χ3v) is 3.33. The van der Waals surface area contributed by atoms with E-state index in [-0.39, 0.29) is 35.3 Å². The number of likely N-dealkylation sites (tertiary alicyclic amines) is 1. The van der Waals surface area contributed by atoms with Crippen molar-refractivity contribution in [1.29, 1.82) is 0 Å². The zero-order chi connectivity index (χ0) is 14.9. The van der Waals surface area contributed by atoms with Crippen molar-refractivity contribution >= 4 is 23.3 Å². The molecule has 1 aliphatic heterocycles. The number of carbonyl (C=O) groups is 3. The highest BCUT2D eigenvalue weighted by molar-refractivity contribution is 6.05. The summed E-state index contributed by atoms with van der Waals surface area (Å²) in [5, 5.41) is 2.54. The second-order valence-electron chi connectivity index (χ2n) is 4.91. The molecule has 0 aromatic heterocycles. The van der Waals surface area contributed by atoms with Crippen LogP contribution >= 0.6 is 0 Å². The number of benzene rings is 1. The van der Waals surface area contributed by atoms with Crippen molar-refractivity contribution in [2.24, 2.45) is 5.92 Å². The van der Waals surface area contributed by atoms with Crippen LogP contribution in [-0.4, -0.2) is 36.1 Å². The van der Waals surface area contributed by atoms with Crippen LogP contribution in [0.1, 0.15) is 23.7 Å². The van der Waals surface area contributed by atoms with Gasteiger partial charge in [-0.25, -0.2) is 4.39 Å². The maximum absolute atomic E-state index is 13.2. The van der Waals surface area contributed by atoms with E-state index in [0.29, 0.717) is 6.54 Å². The molecular formula is C14H15FN2O3. The third-order valence-electron chi connectivity index (χ3n) is 3.33. The fraction of sp³-hybridized carbons (Fsp3) is 0.357. The number of halogens is 1. The molecule has 1 aromatic carbocycles. The first-order valence-corrected chi connectivity index (χ1v) is 6.24. The molecular weight excluding hydrogens is 263 g/mol. The lowest BCUT2D eigenvalue weighted by molar-refractivity contribution is -0.127. The van der Waals surface area contributed by atoms with Crippen LogP contribution in [0.5, 0.6) is 0 Å². The quantitative estimate of drug-likeness (QED) is 0.851. The molecule has 20 heavy (non-hydrogen) atoms. The van der Waals surface area contributed by atoms with Gasteiger partial charge in [0.15, 0.2) is 5.78 Å². The summed E-state index contributed by atoms with van der Waals surface area (Å²) >= 11 is 0. The van der Waals surface area contributed by atoms with E-state index in [9.17, 15) is 18.8 Å². The first kappa shape index (κ1) is 14.2. The van der Waals surface area contributed by atoms with E-state index >= 15 is 0 Å². The number of carbonyl (C=O) groups excluding carboxylic acids is 3. The fourth-order valence-electron chi connectivity index (χ4n) is 2.20. The lowest BCUT2D eigenvalue weighted by atomic mass is 10.1. The molecule has 0 radical (unpaired) electrons. The number of hydrogen-bond donors (Lipinski definition) is 1. The van der Waals surface area contributed by atoms with Gasteiger partial charge < -0.3 is 10.2 Å². The van der Waals surface area contributed by atoms with Gasteiger partial charge in [0.2, 0.25) is 11.8 Å². The van der Waals surface area contributed by atoms with Crippen LogP contribution < -0.4 is 5.32 Å². The Morgan fingerprint density at radius 3 is 2.65 bits per heavy atom. The van der Waals surface area contributed by atoms with E-state index in [1.807, 2.05) is 0 Å². The number of ketones is 1. The van der Waals surface area contributed by atoms with Gasteiger partial charge in [-0.15, -0.1) is 0 Å². The minimum atomic E-state index is -0.537. The summed E-state index contributed by atoms with van der Waals surface area (Å²) in [7, 11) is 1.62. The Kier molecular flexibility index (Phi) is 3.83. The van der Waals surface area contributed by atoms with Crippen molar-refractivity contribution < 1.29 is 18.8 Å². The van der Waals surface area contributed by atoms with Crippen molar-refractivity contribution in [3.05, 3.63) is 29.6 Å². The van der Waals surface area contributed by atoms with Gasteiger partial charge in [-0.3, -0.25) is 14.4 Å². The molecule has 2 rings (SSSR count). The van der Waals surface area contributed by atoms with Crippen LogP contribution in [0.3, 0.4) is 0 Å². The van der Waals surface area contributed by atoms with Crippen LogP contribution in [0.2, 0.25) is 0 Å². The van der Waals surface area contributed by atoms with Crippen molar-refractivity contribution in [3.8, 4) is 0 Å². The molecule has 6 heteroatoms. The van der Waals surface area contributed by atoms with Gasteiger partial charge in [0.1, 0.15) is 5.82 Å². The Morgan fingerprint density at radius 2 is 2.10 bits per heavy atom. The highest BCUT2D eigenvalue weighted by Gasteiger charge is 2.32. The van der Waals surface area contributed by atoms with E-state index in [2.05, 4.69) is 5.32 Å². The Balaban J connectivity index is 2.18. The first-order chi connectivity index (χ1) is 9.38. The van der Waals surface area contributed by atoms with E-state index in [4.69, 9.17) is 0 Å². The molecule has 1 unspecified atom stereocenters. The topological polar surface area (TPSA) is 66.5 Å². The molecule has 1 atom stereocenters. The molecule has 0 bridgehead atoms. The minimum Gasteiger partial charge on any atom is -0.345 e. The maximum atomic E-state index is 13.2. The van der Waals surface area contributed by atoms with Crippen molar-refractivity contribution in [3.63, 3.8) is 0 Å². The summed E-state index contributed by atoms with van der Waals surface area (Å²) in [6.45, 7) is 1.67. The second-order valence-corrected chi connectivity index (χ2v) is 4.91. The number of nitrogens with zero attached hydrogens (tertiary/aromatic N) is 1. The summed E-state index contributed by atoms with van der Waals surface area (Å²) in [6, 6.07) is 3.60. The summed E-state index contributed by atoms with van der Waals surface area (Å²) in [5.41, 5.74) is 0.391. The van der Waals surface area contributed by atoms with Gasteiger partial charge in [0.05, 0.1) is 11.6 Å². The van der Waals surface area contributed by atoms with Crippen molar-refractivity contribution in [2.45, 2.75) is 13.3 Å². The second kappa shape index (κ2) is 5.40. The summed E-state index contributed by atoms with van der Waals surface area (Å²) in [6.07, 6.45) is 0.132. The first-order valence-electron chi connectivity index (χ1n) is 6.24. The normalized spacial score (nSPS) is 18.2. The standard InChI is InChI=1S/C14H15FN2O3/c1-8(18)11-4-3-10(15)6-12(11)16-14(20)9-5-13(19)17(2)7-9/h3-4,6,9H,5,7H2,1-2H3,(H,16,20). The molecule has 1 saturated heterocycles. The van der Waals surface area contributed by atoms with Crippen LogP contribution in [-0.2, 0) is 9.59 Å². The van der Waals surface area contributed by atoms with Gasteiger partial charge in [-0.2, -0.15) is 0 Å². The molecule has 1 fully saturated rings. The molecule has 0 spiro atoms. The van der Waals surface area contributed by atoms with Gasteiger partial charge >= 0.3 is 0 Å². The number of hydrogen-bond acceptors (Lipinski definition) is 3. The highest BCUT2D eigenvalue weighted by atomic mass is 19.1. The Bertz CT molecular complexity index is 586. The largest absolute Gasteiger partial charge is 0.345 e. The number of anilines is 1. The average Bonchev–Trinajstić information content (AvgIpc) is 2.69. The SMILES string of the molecule is CC(=O)c1ccc(F)cc1NC(=O)C1CC(=O)N(C)C1. The predicted molar refractivity (Wildman–Crippen MR) is 70.8 cm³/mol. The molecule has 1 N–H and O–H groups in total. The van der Waals surface area contributed by atoms with Crippen LogP contribution in [0.4, 0.5) is 10.1 Å². The summed E-state index contributed by atoms with van der Waals surface area (Å²) < 4.78 is 13.2. The average molecular weight is 278 g/mol. The molecule has 1 aliphatic rings. The molecule has 1 aromatic rings. The monoisotopic (exact) mass is 278 g/mol. The van der Waals surface area contributed by atoms with Gasteiger partial charge in [-0.05, 0) is 25.1 Å². The minimum absolute atomic E-state index is 0.101. The van der Waals surface area contributed by atoms with Crippen LogP contribution in [0.25, 0.3) is 0 Å². The third kappa shape index (κ3) is 2.84. The predicted octanol–water partition coefficient (Wildman–Crippen LogP) is 1.45. The van der Waals surface area contributed by atoms with Gasteiger partial charge in [-0.1, -0.05) is 0 Å². The van der Waals surface area contributed by atoms with Crippen molar-refractivity contribution in [2.75, 3.05) is 18.9 Å². The van der Waals surface area contributed by atoms with Gasteiger partial charge in [0.25, 0.3) is 0 Å². The number of nitrogens with one attached hydrogen (secondary N) is 1. The molecule has 5 nitrogen and oxygen atoms in total. The number of rotatable bonds is 3. The van der Waals surface area contributed by atoms with Crippen LogP contribution in [0.15, 0.2) is 18.2 Å².